The zero-order chi connectivity index (χ0) is 19.6. The summed E-state index contributed by atoms with van der Waals surface area (Å²) in [5.74, 6) is -0.726. The standard InChI is InChI=1S/C19H19FN2O4S/c1-14(24)15-6-7-18(17(20)12-15)21-8-10-22(11-9-21)27(25,26)19-5-3-2-4-16(19)13-23/h2-7,12-13H,8-11H2,1H3. The minimum absolute atomic E-state index is 0.0227. The van der Waals surface area contributed by atoms with Gasteiger partial charge in [0, 0.05) is 37.3 Å². The highest BCUT2D eigenvalue weighted by molar-refractivity contribution is 7.89. The Bertz CT molecular complexity index is 983. The molecule has 0 N–H and O–H groups in total. The van der Waals surface area contributed by atoms with Crippen LogP contribution in [0, 0.1) is 5.82 Å². The summed E-state index contributed by atoms with van der Waals surface area (Å²) in [6.07, 6.45) is 0.523. The van der Waals surface area contributed by atoms with Crippen molar-refractivity contribution in [1.82, 2.24) is 4.31 Å². The van der Waals surface area contributed by atoms with Gasteiger partial charge in [0.1, 0.15) is 5.82 Å². The monoisotopic (exact) mass is 390 g/mol. The van der Waals surface area contributed by atoms with E-state index >= 15 is 0 Å². The van der Waals surface area contributed by atoms with Gasteiger partial charge in [-0.15, -0.1) is 0 Å². The van der Waals surface area contributed by atoms with Crippen molar-refractivity contribution in [2.75, 3.05) is 31.1 Å². The molecule has 0 bridgehead atoms. The van der Waals surface area contributed by atoms with E-state index in [4.69, 9.17) is 0 Å². The second kappa shape index (κ2) is 7.58. The number of ketones is 1. The molecule has 0 saturated carbocycles. The molecule has 0 unspecified atom stereocenters. The van der Waals surface area contributed by atoms with Gasteiger partial charge in [0.25, 0.3) is 0 Å². The maximum atomic E-state index is 14.3. The highest BCUT2D eigenvalue weighted by Crippen LogP contribution is 2.25. The summed E-state index contributed by atoms with van der Waals surface area (Å²) >= 11 is 0. The molecule has 1 fully saturated rings. The summed E-state index contributed by atoms with van der Waals surface area (Å²) in [5.41, 5.74) is 0.749. The Morgan fingerprint density at radius 3 is 2.33 bits per heavy atom. The average molecular weight is 390 g/mol. The first-order valence-electron chi connectivity index (χ1n) is 8.44. The Morgan fingerprint density at radius 2 is 1.74 bits per heavy atom. The van der Waals surface area contributed by atoms with Crippen LogP contribution in [0.3, 0.4) is 0 Å². The number of halogens is 1. The maximum Gasteiger partial charge on any atom is 0.243 e. The minimum Gasteiger partial charge on any atom is -0.367 e. The van der Waals surface area contributed by atoms with Gasteiger partial charge in [-0.05, 0) is 31.2 Å². The molecule has 3 rings (SSSR count). The third-order valence-electron chi connectivity index (χ3n) is 4.60. The van der Waals surface area contributed by atoms with Gasteiger partial charge in [0.2, 0.25) is 10.0 Å². The van der Waals surface area contributed by atoms with Crippen molar-refractivity contribution >= 4 is 27.8 Å². The predicted octanol–water partition coefficient (Wildman–Crippen LogP) is 2.35. The molecule has 0 aliphatic carbocycles. The van der Waals surface area contributed by atoms with Gasteiger partial charge >= 0.3 is 0 Å². The van der Waals surface area contributed by atoms with Crippen LogP contribution < -0.4 is 4.90 Å². The van der Waals surface area contributed by atoms with Crippen molar-refractivity contribution in [3.8, 4) is 0 Å². The number of piperazine rings is 1. The first kappa shape index (κ1) is 19.2. The summed E-state index contributed by atoms with van der Waals surface area (Å²) < 4.78 is 41.3. The molecule has 1 heterocycles. The summed E-state index contributed by atoms with van der Waals surface area (Å²) in [6, 6.07) is 10.3. The molecule has 1 aliphatic rings. The number of carbonyl (C=O) groups is 2. The molecule has 1 aliphatic heterocycles. The first-order valence-corrected chi connectivity index (χ1v) is 9.88. The predicted molar refractivity (Wildman–Crippen MR) is 99.2 cm³/mol. The summed E-state index contributed by atoms with van der Waals surface area (Å²) in [7, 11) is -3.80. The van der Waals surface area contributed by atoms with Gasteiger partial charge in [-0.1, -0.05) is 18.2 Å². The first-order chi connectivity index (χ1) is 12.8. The van der Waals surface area contributed by atoms with Crippen LogP contribution in [0.4, 0.5) is 10.1 Å². The third-order valence-corrected chi connectivity index (χ3v) is 6.57. The zero-order valence-corrected chi connectivity index (χ0v) is 15.6. The second-order valence-electron chi connectivity index (χ2n) is 6.27. The van der Waals surface area contributed by atoms with Crippen LogP contribution in [0.5, 0.6) is 0 Å². The lowest BCUT2D eigenvalue weighted by Gasteiger charge is -2.35. The number of hydrogen-bond donors (Lipinski definition) is 0. The van der Waals surface area contributed by atoms with E-state index < -0.39 is 15.8 Å². The van der Waals surface area contributed by atoms with Crippen molar-refractivity contribution in [3.05, 3.63) is 59.4 Å². The molecule has 2 aromatic rings. The van der Waals surface area contributed by atoms with E-state index in [9.17, 15) is 22.4 Å². The molecular weight excluding hydrogens is 371 g/mol. The third kappa shape index (κ3) is 3.77. The fourth-order valence-corrected chi connectivity index (χ4v) is 4.69. The van der Waals surface area contributed by atoms with Crippen molar-refractivity contribution < 1.29 is 22.4 Å². The fourth-order valence-electron chi connectivity index (χ4n) is 3.10. The summed E-state index contributed by atoms with van der Waals surface area (Å²) in [6.45, 7) is 2.32. The number of sulfonamides is 1. The second-order valence-corrected chi connectivity index (χ2v) is 8.18. The smallest absolute Gasteiger partial charge is 0.243 e. The van der Waals surface area contributed by atoms with Crippen molar-refractivity contribution in [2.24, 2.45) is 0 Å². The number of Topliss-reactive ketones (excluding diaryl/α,β-unsaturated/α-hetero) is 1. The largest absolute Gasteiger partial charge is 0.367 e. The van der Waals surface area contributed by atoms with Crippen LogP contribution in [-0.2, 0) is 10.0 Å². The Labute approximate surface area is 157 Å². The van der Waals surface area contributed by atoms with Crippen LogP contribution in [0.15, 0.2) is 47.4 Å². The molecule has 8 heteroatoms. The van der Waals surface area contributed by atoms with Crippen LogP contribution in [0.25, 0.3) is 0 Å². The van der Waals surface area contributed by atoms with Crippen molar-refractivity contribution in [1.29, 1.82) is 0 Å². The SMILES string of the molecule is CC(=O)c1ccc(N2CCN(S(=O)(=O)c3ccccc3C=O)CC2)c(F)c1. The summed E-state index contributed by atoms with van der Waals surface area (Å²) in [4.78, 5) is 24.2. The van der Waals surface area contributed by atoms with Gasteiger partial charge in [-0.3, -0.25) is 9.59 Å². The van der Waals surface area contributed by atoms with Crippen LogP contribution in [-0.4, -0.2) is 51.0 Å². The number of nitrogens with zero attached hydrogens (tertiary/aromatic N) is 2. The minimum atomic E-state index is -3.80. The number of rotatable bonds is 5. The van der Waals surface area contributed by atoms with Crippen LogP contribution in [0.2, 0.25) is 0 Å². The highest BCUT2D eigenvalue weighted by Gasteiger charge is 2.30. The average Bonchev–Trinajstić information content (AvgIpc) is 2.68. The highest BCUT2D eigenvalue weighted by atomic mass is 32.2. The van der Waals surface area contributed by atoms with Crippen LogP contribution in [0.1, 0.15) is 27.6 Å². The van der Waals surface area contributed by atoms with E-state index in [-0.39, 0.29) is 29.3 Å². The topological polar surface area (TPSA) is 74.8 Å². The molecule has 27 heavy (non-hydrogen) atoms. The molecular formula is C19H19FN2O4S. The normalized spacial score (nSPS) is 15.6. The molecule has 0 radical (unpaired) electrons. The molecule has 1 saturated heterocycles. The van der Waals surface area contributed by atoms with Crippen molar-refractivity contribution in [2.45, 2.75) is 11.8 Å². The quantitative estimate of drug-likeness (QED) is 0.579. The van der Waals surface area contributed by atoms with E-state index in [0.717, 1.165) is 0 Å². The molecule has 2 aromatic carbocycles. The lowest BCUT2D eigenvalue weighted by Crippen LogP contribution is -2.49. The van der Waals surface area contributed by atoms with E-state index in [1.54, 1.807) is 23.1 Å². The Balaban J connectivity index is 1.77. The number of anilines is 1. The van der Waals surface area contributed by atoms with Gasteiger partial charge in [-0.2, -0.15) is 4.31 Å². The Morgan fingerprint density at radius 1 is 1.07 bits per heavy atom. The lowest BCUT2D eigenvalue weighted by atomic mass is 10.1. The number of benzene rings is 2. The molecule has 6 nitrogen and oxygen atoms in total. The van der Waals surface area contributed by atoms with Crippen molar-refractivity contribution in [3.63, 3.8) is 0 Å². The van der Waals surface area contributed by atoms with E-state index in [1.807, 2.05) is 0 Å². The molecule has 0 aromatic heterocycles. The Kier molecular flexibility index (Phi) is 5.38. The molecule has 0 amide bonds. The van der Waals surface area contributed by atoms with Gasteiger partial charge < -0.3 is 4.90 Å². The molecule has 142 valence electrons. The van der Waals surface area contributed by atoms with Gasteiger partial charge in [0.05, 0.1) is 10.6 Å². The Hall–Kier alpha value is -2.58. The van der Waals surface area contributed by atoms with E-state index in [2.05, 4.69) is 0 Å². The lowest BCUT2D eigenvalue weighted by molar-refractivity contribution is 0.101. The zero-order valence-electron chi connectivity index (χ0n) is 14.8. The summed E-state index contributed by atoms with van der Waals surface area (Å²) in [5, 5.41) is 0. The van der Waals surface area contributed by atoms with Gasteiger partial charge in [-0.25, -0.2) is 12.8 Å². The fraction of sp³-hybridized carbons (Fsp3) is 0.263. The molecule has 0 spiro atoms. The van der Waals surface area contributed by atoms with Gasteiger partial charge in [0.15, 0.2) is 12.1 Å². The van der Waals surface area contributed by atoms with E-state index in [1.165, 1.54) is 35.5 Å². The number of hydrogen-bond acceptors (Lipinski definition) is 5. The number of carbonyl (C=O) groups excluding carboxylic acids is 2. The van der Waals surface area contributed by atoms with E-state index in [0.29, 0.717) is 30.6 Å². The maximum absolute atomic E-state index is 14.3. The number of aldehydes is 1. The molecule has 0 atom stereocenters. The van der Waals surface area contributed by atoms with Crippen LogP contribution >= 0.6 is 0 Å².